The first-order valence-electron chi connectivity index (χ1n) is 8.97. The Morgan fingerprint density at radius 1 is 1.08 bits per heavy atom. The molecule has 24 heavy (non-hydrogen) atoms. The summed E-state index contributed by atoms with van der Waals surface area (Å²) in [7, 11) is 0. The van der Waals surface area contributed by atoms with E-state index in [-0.39, 0.29) is 11.9 Å². The lowest BCUT2D eigenvalue weighted by molar-refractivity contribution is -0.131. The van der Waals surface area contributed by atoms with Crippen molar-refractivity contribution in [3.63, 3.8) is 0 Å². The fraction of sp³-hybridized carbons (Fsp3) is 0.611. The highest BCUT2D eigenvalue weighted by molar-refractivity contribution is 5.79. The molecule has 3 aliphatic rings. The molecule has 3 amide bonds. The maximum Gasteiger partial charge on any atom is 0.320 e. The van der Waals surface area contributed by atoms with Crippen molar-refractivity contribution in [1.82, 2.24) is 19.7 Å². The smallest absolute Gasteiger partial charge is 0.320 e. The number of likely N-dealkylation sites (tertiary alicyclic amines) is 1. The van der Waals surface area contributed by atoms with Gasteiger partial charge in [-0.05, 0) is 37.8 Å². The van der Waals surface area contributed by atoms with Crippen LogP contribution in [0.25, 0.3) is 0 Å². The first-order chi connectivity index (χ1) is 11.7. The number of urea groups is 1. The number of carbonyl (C=O) groups is 2. The van der Waals surface area contributed by atoms with Gasteiger partial charge in [-0.1, -0.05) is 6.07 Å². The van der Waals surface area contributed by atoms with E-state index in [1.807, 2.05) is 28.0 Å². The molecule has 0 bridgehead atoms. The molecule has 0 radical (unpaired) electrons. The molecule has 0 saturated carbocycles. The van der Waals surface area contributed by atoms with E-state index in [0.717, 1.165) is 57.6 Å². The second-order valence-corrected chi connectivity index (χ2v) is 7.03. The average Bonchev–Trinajstić information content (AvgIpc) is 3.19. The second-order valence-electron chi connectivity index (χ2n) is 7.03. The molecule has 0 N–H and O–H groups in total. The lowest BCUT2D eigenvalue weighted by Crippen LogP contribution is -2.48. The van der Waals surface area contributed by atoms with Crippen molar-refractivity contribution in [2.45, 2.75) is 44.2 Å². The van der Waals surface area contributed by atoms with Gasteiger partial charge in [0.25, 0.3) is 0 Å². The molecule has 3 saturated heterocycles. The van der Waals surface area contributed by atoms with Gasteiger partial charge < -0.3 is 14.7 Å². The zero-order valence-corrected chi connectivity index (χ0v) is 13.9. The lowest BCUT2D eigenvalue weighted by atomic mass is 10.0. The average molecular weight is 328 g/mol. The van der Waals surface area contributed by atoms with Crippen LogP contribution in [0.3, 0.4) is 0 Å². The van der Waals surface area contributed by atoms with Crippen LogP contribution in [0.5, 0.6) is 0 Å². The van der Waals surface area contributed by atoms with E-state index in [2.05, 4.69) is 9.88 Å². The Bertz CT molecular complexity index is 613. The summed E-state index contributed by atoms with van der Waals surface area (Å²) in [4.78, 5) is 35.2. The normalized spacial score (nSPS) is 24.6. The minimum atomic E-state index is 0.139. The third-order valence-corrected chi connectivity index (χ3v) is 5.59. The third kappa shape index (κ3) is 2.85. The number of fused-ring (bicyclic) bond motifs is 1. The van der Waals surface area contributed by atoms with Crippen molar-refractivity contribution in [2.75, 3.05) is 26.2 Å². The van der Waals surface area contributed by atoms with Gasteiger partial charge in [-0.3, -0.25) is 9.78 Å². The first-order valence-corrected chi connectivity index (χ1v) is 8.97. The number of rotatable bonds is 3. The summed E-state index contributed by atoms with van der Waals surface area (Å²) < 4.78 is 0. The SMILES string of the molecule is O=C(Cc1ccccn1)N1CCC(N2CC3CCCN3C2=O)CC1. The quantitative estimate of drug-likeness (QED) is 0.845. The summed E-state index contributed by atoms with van der Waals surface area (Å²) in [6.45, 7) is 3.28. The number of piperidine rings is 1. The van der Waals surface area contributed by atoms with Gasteiger partial charge in [0.1, 0.15) is 0 Å². The van der Waals surface area contributed by atoms with Gasteiger partial charge in [-0.2, -0.15) is 0 Å². The highest BCUT2D eigenvalue weighted by Gasteiger charge is 2.43. The minimum Gasteiger partial charge on any atom is -0.342 e. The summed E-state index contributed by atoms with van der Waals surface area (Å²) in [5.41, 5.74) is 0.819. The van der Waals surface area contributed by atoms with Crippen molar-refractivity contribution in [1.29, 1.82) is 0 Å². The fourth-order valence-electron chi connectivity index (χ4n) is 4.25. The van der Waals surface area contributed by atoms with Crippen molar-refractivity contribution in [3.8, 4) is 0 Å². The molecule has 6 nitrogen and oxygen atoms in total. The van der Waals surface area contributed by atoms with E-state index in [4.69, 9.17) is 0 Å². The van der Waals surface area contributed by atoms with Crippen LogP contribution in [-0.4, -0.2) is 69.9 Å². The van der Waals surface area contributed by atoms with Crippen LogP contribution in [0.4, 0.5) is 4.79 Å². The molecule has 1 unspecified atom stereocenters. The fourth-order valence-corrected chi connectivity index (χ4v) is 4.25. The van der Waals surface area contributed by atoms with Crippen LogP contribution >= 0.6 is 0 Å². The first kappa shape index (κ1) is 15.4. The molecule has 0 aliphatic carbocycles. The maximum atomic E-state index is 12.5. The lowest BCUT2D eigenvalue weighted by Gasteiger charge is -2.36. The number of carbonyl (C=O) groups excluding carboxylic acids is 2. The van der Waals surface area contributed by atoms with Crippen LogP contribution in [0.1, 0.15) is 31.4 Å². The van der Waals surface area contributed by atoms with E-state index in [1.54, 1.807) is 6.20 Å². The summed E-state index contributed by atoms with van der Waals surface area (Å²) in [5, 5.41) is 0. The highest BCUT2D eigenvalue weighted by atomic mass is 16.2. The molecule has 0 aromatic carbocycles. The van der Waals surface area contributed by atoms with E-state index in [1.165, 1.54) is 0 Å². The predicted molar refractivity (Wildman–Crippen MR) is 89.4 cm³/mol. The maximum absolute atomic E-state index is 12.5. The molecule has 0 spiro atoms. The molecule has 1 aromatic rings. The number of pyridine rings is 1. The van der Waals surface area contributed by atoms with Crippen molar-refractivity contribution in [2.24, 2.45) is 0 Å². The molecular formula is C18H24N4O2. The van der Waals surface area contributed by atoms with Crippen LogP contribution in [0.2, 0.25) is 0 Å². The van der Waals surface area contributed by atoms with Gasteiger partial charge in [0, 0.05) is 44.1 Å². The van der Waals surface area contributed by atoms with Gasteiger partial charge in [-0.15, -0.1) is 0 Å². The molecule has 3 fully saturated rings. The molecule has 128 valence electrons. The molecule has 4 heterocycles. The molecule has 1 atom stereocenters. The minimum absolute atomic E-state index is 0.139. The Labute approximate surface area is 142 Å². The van der Waals surface area contributed by atoms with E-state index >= 15 is 0 Å². The molecule has 4 rings (SSSR count). The Morgan fingerprint density at radius 2 is 1.92 bits per heavy atom. The number of nitrogens with zero attached hydrogens (tertiary/aromatic N) is 4. The van der Waals surface area contributed by atoms with E-state index < -0.39 is 0 Å². The standard InChI is InChI=1S/C18H24N4O2/c23-17(12-14-4-1-2-8-19-14)20-10-6-15(7-11-20)22-13-16-5-3-9-21(16)18(22)24/h1-2,4,8,15-16H,3,5-7,9-13H2. The zero-order valence-electron chi connectivity index (χ0n) is 13.9. The Kier molecular flexibility index (Phi) is 4.12. The van der Waals surface area contributed by atoms with E-state index in [0.29, 0.717) is 18.5 Å². The van der Waals surface area contributed by atoms with E-state index in [9.17, 15) is 9.59 Å². The number of aromatic nitrogens is 1. The van der Waals surface area contributed by atoms with Gasteiger partial charge in [-0.25, -0.2) is 4.79 Å². The molecule has 1 aromatic heterocycles. The number of hydrogen-bond donors (Lipinski definition) is 0. The molecule has 3 aliphatic heterocycles. The topological polar surface area (TPSA) is 56.8 Å². The largest absolute Gasteiger partial charge is 0.342 e. The number of amides is 3. The predicted octanol–water partition coefficient (Wildman–Crippen LogP) is 1.52. The van der Waals surface area contributed by atoms with Crippen molar-refractivity contribution in [3.05, 3.63) is 30.1 Å². The van der Waals surface area contributed by atoms with Gasteiger partial charge in [0.05, 0.1) is 12.5 Å². The summed E-state index contributed by atoms with van der Waals surface area (Å²) in [6, 6.07) is 6.60. The van der Waals surface area contributed by atoms with Crippen LogP contribution in [0, 0.1) is 0 Å². The monoisotopic (exact) mass is 328 g/mol. The second kappa shape index (κ2) is 6.42. The van der Waals surface area contributed by atoms with Crippen molar-refractivity contribution >= 4 is 11.9 Å². The summed E-state index contributed by atoms with van der Waals surface area (Å²) in [5.74, 6) is 0.139. The third-order valence-electron chi connectivity index (χ3n) is 5.59. The summed E-state index contributed by atoms with van der Waals surface area (Å²) >= 11 is 0. The van der Waals surface area contributed by atoms with Crippen LogP contribution < -0.4 is 0 Å². The Balaban J connectivity index is 1.31. The van der Waals surface area contributed by atoms with Crippen LogP contribution in [0.15, 0.2) is 24.4 Å². The van der Waals surface area contributed by atoms with Gasteiger partial charge in [0.15, 0.2) is 0 Å². The number of hydrogen-bond acceptors (Lipinski definition) is 3. The Hall–Kier alpha value is -2.11. The molecular weight excluding hydrogens is 304 g/mol. The van der Waals surface area contributed by atoms with Crippen LogP contribution in [-0.2, 0) is 11.2 Å². The zero-order chi connectivity index (χ0) is 16.5. The van der Waals surface area contributed by atoms with Crippen molar-refractivity contribution < 1.29 is 9.59 Å². The Morgan fingerprint density at radius 3 is 2.62 bits per heavy atom. The molecule has 6 heteroatoms. The highest BCUT2D eigenvalue weighted by Crippen LogP contribution is 2.30. The van der Waals surface area contributed by atoms with Gasteiger partial charge in [0.2, 0.25) is 5.91 Å². The van der Waals surface area contributed by atoms with Gasteiger partial charge >= 0.3 is 6.03 Å². The summed E-state index contributed by atoms with van der Waals surface area (Å²) in [6.07, 6.45) is 6.15.